The lowest BCUT2D eigenvalue weighted by atomic mass is 10.1. The highest BCUT2D eigenvalue weighted by atomic mass is 19.1. The molecular formula is C19H25FN2O3. The van der Waals surface area contributed by atoms with Crippen LogP contribution in [0.5, 0.6) is 5.75 Å². The van der Waals surface area contributed by atoms with Gasteiger partial charge in [0, 0.05) is 26.2 Å². The van der Waals surface area contributed by atoms with Crippen molar-refractivity contribution in [1.29, 1.82) is 0 Å². The van der Waals surface area contributed by atoms with Gasteiger partial charge in [-0.2, -0.15) is 0 Å². The molecule has 0 saturated carbocycles. The predicted molar refractivity (Wildman–Crippen MR) is 93.2 cm³/mol. The van der Waals surface area contributed by atoms with Crippen molar-refractivity contribution >= 4 is 0 Å². The Labute approximate surface area is 147 Å². The summed E-state index contributed by atoms with van der Waals surface area (Å²) in [5, 5.41) is 3.42. The third-order valence-electron chi connectivity index (χ3n) is 4.46. The SMILES string of the molecule is COc1ccc(CNCC(c2ccc(C)o2)N2CCOCC2)cc1F. The second-order valence-electron chi connectivity index (χ2n) is 6.21. The fourth-order valence-corrected chi connectivity index (χ4v) is 3.10. The molecule has 1 aromatic carbocycles. The topological polar surface area (TPSA) is 46.9 Å². The van der Waals surface area contributed by atoms with E-state index in [-0.39, 0.29) is 17.6 Å². The van der Waals surface area contributed by atoms with Gasteiger partial charge in [-0.3, -0.25) is 4.90 Å². The van der Waals surface area contributed by atoms with Gasteiger partial charge in [-0.1, -0.05) is 6.07 Å². The molecule has 1 N–H and O–H groups in total. The Kier molecular flexibility index (Phi) is 6.07. The Morgan fingerprint density at radius 2 is 2.04 bits per heavy atom. The lowest BCUT2D eigenvalue weighted by molar-refractivity contribution is 0.0115. The first-order valence-corrected chi connectivity index (χ1v) is 8.58. The van der Waals surface area contributed by atoms with Crippen LogP contribution in [0.4, 0.5) is 4.39 Å². The van der Waals surface area contributed by atoms with Crippen LogP contribution in [-0.4, -0.2) is 44.9 Å². The highest BCUT2D eigenvalue weighted by molar-refractivity contribution is 5.29. The van der Waals surface area contributed by atoms with E-state index in [9.17, 15) is 4.39 Å². The molecule has 2 heterocycles. The molecule has 0 aliphatic carbocycles. The van der Waals surface area contributed by atoms with Gasteiger partial charge in [0.25, 0.3) is 0 Å². The molecule has 1 aromatic heterocycles. The van der Waals surface area contributed by atoms with Crippen LogP contribution in [-0.2, 0) is 11.3 Å². The summed E-state index contributed by atoms with van der Waals surface area (Å²) in [6, 6.07) is 9.19. The number of morpholine rings is 1. The zero-order valence-electron chi connectivity index (χ0n) is 14.8. The van der Waals surface area contributed by atoms with Crippen LogP contribution in [0.3, 0.4) is 0 Å². The molecule has 3 rings (SSSR count). The van der Waals surface area contributed by atoms with Gasteiger partial charge in [-0.25, -0.2) is 4.39 Å². The van der Waals surface area contributed by atoms with Crippen LogP contribution in [0.15, 0.2) is 34.7 Å². The standard InChI is InChI=1S/C19H25FN2O3/c1-14-3-5-19(25-14)17(22-7-9-24-10-8-22)13-21-12-15-4-6-18(23-2)16(20)11-15/h3-6,11,17,21H,7-10,12-13H2,1-2H3. The minimum absolute atomic E-state index is 0.140. The number of nitrogens with zero attached hydrogens (tertiary/aromatic N) is 1. The third kappa shape index (κ3) is 4.60. The van der Waals surface area contributed by atoms with Gasteiger partial charge < -0.3 is 19.2 Å². The van der Waals surface area contributed by atoms with Crippen molar-refractivity contribution in [3.8, 4) is 5.75 Å². The molecule has 1 aliphatic rings. The number of ether oxygens (including phenoxy) is 2. The number of aryl methyl sites for hydroxylation is 1. The smallest absolute Gasteiger partial charge is 0.165 e. The van der Waals surface area contributed by atoms with Crippen LogP contribution in [0.25, 0.3) is 0 Å². The summed E-state index contributed by atoms with van der Waals surface area (Å²) in [6.45, 7) is 6.49. The molecule has 2 aromatic rings. The van der Waals surface area contributed by atoms with E-state index in [2.05, 4.69) is 10.2 Å². The summed E-state index contributed by atoms with van der Waals surface area (Å²) in [5.74, 6) is 1.78. The highest BCUT2D eigenvalue weighted by Crippen LogP contribution is 2.24. The first kappa shape index (κ1) is 17.9. The predicted octanol–water partition coefficient (Wildman–Crippen LogP) is 2.90. The molecule has 1 saturated heterocycles. The Morgan fingerprint density at radius 1 is 1.24 bits per heavy atom. The number of nitrogens with one attached hydrogen (secondary N) is 1. The monoisotopic (exact) mass is 348 g/mol. The highest BCUT2D eigenvalue weighted by Gasteiger charge is 2.24. The maximum Gasteiger partial charge on any atom is 0.165 e. The van der Waals surface area contributed by atoms with Gasteiger partial charge in [0.1, 0.15) is 11.5 Å². The van der Waals surface area contributed by atoms with Crippen molar-refractivity contribution in [2.24, 2.45) is 0 Å². The molecule has 1 fully saturated rings. The number of rotatable bonds is 7. The van der Waals surface area contributed by atoms with Gasteiger partial charge in [0.2, 0.25) is 0 Å². The summed E-state index contributed by atoms with van der Waals surface area (Å²) in [6.07, 6.45) is 0. The van der Waals surface area contributed by atoms with Crippen LogP contribution in [0.1, 0.15) is 23.1 Å². The molecule has 1 unspecified atom stereocenters. The maximum absolute atomic E-state index is 13.8. The summed E-state index contributed by atoms with van der Waals surface area (Å²) in [4.78, 5) is 2.36. The molecule has 6 heteroatoms. The Hall–Kier alpha value is -1.89. The van der Waals surface area contributed by atoms with Gasteiger partial charge in [0.05, 0.1) is 26.4 Å². The summed E-state index contributed by atoms with van der Waals surface area (Å²) in [7, 11) is 1.47. The van der Waals surface area contributed by atoms with E-state index in [0.717, 1.165) is 49.9 Å². The Morgan fingerprint density at radius 3 is 2.68 bits per heavy atom. The zero-order chi connectivity index (χ0) is 17.6. The number of hydrogen-bond donors (Lipinski definition) is 1. The average molecular weight is 348 g/mol. The molecule has 25 heavy (non-hydrogen) atoms. The van der Waals surface area contributed by atoms with E-state index in [4.69, 9.17) is 13.9 Å². The third-order valence-corrected chi connectivity index (χ3v) is 4.46. The lowest BCUT2D eigenvalue weighted by Crippen LogP contribution is -2.42. The van der Waals surface area contributed by atoms with E-state index in [0.29, 0.717) is 6.54 Å². The van der Waals surface area contributed by atoms with Crippen molar-refractivity contribution < 1.29 is 18.3 Å². The zero-order valence-corrected chi connectivity index (χ0v) is 14.8. The first-order chi connectivity index (χ1) is 12.2. The van der Waals surface area contributed by atoms with Crippen LogP contribution < -0.4 is 10.1 Å². The molecule has 5 nitrogen and oxygen atoms in total. The van der Waals surface area contributed by atoms with Crippen molar-refractivity contribution in [3.05, 3.63) is 53.2 Å². The van der Waals surface area contributed by atoms with Crippen LogP contribution in [0, 0.1) is 12.7 Å². The average Bonchev–Trinajstić information content (AvgIpc) is 3.05. The quantitative estimate of drug-likeness (QED) is 0.834. The summed E-state index contributed by atoms with van der Waals surface area (Å²) in [5.41, 5.74) is 0.884. The van der Waals surface area contributed by atoms with E-state index >= 15 is 0 Å². The molecule has 0 radical (unpaired) electrons. The first-order valence-electron chi connectivity index (χ1n) is 8.58. The minimum Gasteiger partial charge on any atom is -0.494 e. The molecule has 136 valence electrons. The van der Waals surface area contributed by atoms with Crippen molar-refractivity contribution in [3.63, 3.8) is 0 Å². The second kappa shape index (κ2) is 8.47. The van der Waals surface area contributed by atoms with Crippen LogP contribution in [0.2, 0.25) is 0 Å². The van der Waals surface area contributed by atoms with Gasteiger partial charge in [-0.15, -0.1) is 0 Å². The largest absolute Gasteiger partial charge is 0.494 e. The number of methoxy groups -OCH3 is 1. The number of benzene rings is 1. The maximum atomic E-state index is 13.8. The number of furan rings is 1. The van der Waals surface area contributed by atoms with Gasteiger partial charge in [0.15, 0.2) is 11.6 Å². The normalized spacial score (nSPS) is 16.8. The molecule has 1 atom stereocenters. The molecule has 0 amide bonds. The molecule has 1 aliphatic heterocycles. The van der Waals surface area contributed by atoms with E-state index in [1.807, 2.05) is 25.1 Å². The van der Waals surface area contributed by atoms with Crippen molar-refractivity contribution in [2.45, 2.75) is 19.5 Å². The van der Waals surface area contributed by atoms with E-state index in [1.165, 1.54) is 13.2 Å². The number of halogens is 1. The van der Waals surface area contributed by atoms with Gasteiger partial charge >= 0.3 is 0 Å². The fourth-order valence-electron chi connectivity index (χ4n) is 3.10. The summed E-state index contributed by atoms with van der Waals surface area (Å²) < 4.78 is 30.1. The van der Waals surface area contributed by atoms with Crippen molar-refractivity contribution in [1.82, 2.24) is 10.2 Å². The summed E-state index contributed by atoms with van der Waals surface area (Å²) >= 11 is 0. The van der Waals surface area contributed by atoms with Crippen molar-refractivity contribution in [2.75, 3.05) is 40.0 Å². The number of hydrogen-bond acceptors (Lipinski definition) is 5. The Bertz CT molecular complexity index is 683. The van der Waals surface area contributed by atoms with E-state index < -0.39 is 0 Å². The van der Waals surface area contributed by atoms with E-state index in [1.54, 1.807) is 6.07 Å². The van der Waals surface area contributed by atoms with Gasteiger partial charge in [-0.05, 0) is 36.8 Å². The lowest BCUT2D eigenvalue weighted by Gasteiger charge is -2.33. The Balaban J connectivity index is 1.63. The molecule has 0 spiro atoms. The minimum atomic E-state index is -0.340. The molecular weight excluding hydrogens is 323 g/mol. The molecule has 0 bridgehead atoms. The second-order valence-corrected chi connectivity index (χ2v) is 6.21. The fraction of sp³-hybridized carbons (Fsp3) is 0.474. The van der Waals surface area contributed by atoms with Crippen LogP contribution >= 0.6 is 0 Å².